The molecule has 0 N–H and O–H groups in total. The molecule has 1 aromatic heterocycles. The quantitative estimate of drug-likeness (QED) is 0.474. The summed E-state index contributed by atoms with van der Waals surface area (Å²) in [5.41, 5.74) is 1.13. The number of hydrogen-bond acceptors (Lipinski definition) is 5. The summed E-state index contributed by atoms with van der Waals surface area (Å²) in [5.74, 6) is 0.378. The molecule has 9 heteroatoms. The summed E-state index contributed by atoms with van der Waals surface area (Å²) < 4.78 is 5.55. The number of likely N-dealkylation sites (tertiary alicyclic amines) is 1. The summed E-state index contributed by atoms with van der Waals surface area (Å²) in [7, 11) is 0. The van der Waals surface area contributed by atoms with Crippen LogP contribution < -0.4 is 0 Å². The number of aromatic nitrogens is 2. The summed E-state index contributed by atoms with van der Waals surface area (Å²) in [5, 5.41) is 5.03. The molecule has 3 aromatic rings. The smallest absolute Gasteiger partial charge is 0.255 e. The van der Waals surface area contributed by atoms with E-state index in [4.69, 9.17) is 27.7 Å². The van der Waals surface area contributed by atoms with Crippen LogP contribution in [0.5, 0.6) is 0 Å². The van der Waals surface area contributed by atoms with E-state index in [9.17, 15) is 9.59 Å². The molecule has 33 heavy (non-hydrogen) atoms. The van der Waals surface area contributed by atoms with Gasteiger partial charge in [0.05, 0.1) is 10.6 Å². The fourth-order valence-corrected chi connectivity index (χ4v) is 4.40. The number of likely N-dealkylation sites (N-methyl/N-ethyl adjacent to an activating group) is 1. The van der Waals surface area contributed by atoms with E-state index in [0.29, 0.717) is 46.8 Å². The van der Waals surface area contributed by atoms with Crippen molar-refractivity contribution in [2.75, 3.05) is 19.6 Å². The predicted molar refractivity (Wildman–Crippen MR) is 126 cm³/mol. The molecule has 1 fully saturated rings. The largest absolute Gasteiger partial charge is 0.337 e. The summed E-state index contributed by atoms with van der Waals surface area (Å²) in [6.45, 7) is 2.74. The number of nitrogens with zero attached hydrogens (tertiary/aromatic N) is 4. The molecular weight excluding hydrogens is 463 g/mol. The number of carbonyl (C=O) groups is 2. The minimum Gasteiger partial charge on any atom is -0.337 e. The molecule has 0 spiro atoms. The van der Waals surface area contributed by atoms with Crippen molar-refractivity contribution in [2.24, 2.45) is 0 Å². The van der Waals surface area contributed by atoms with Crippen LogP contribution >= 0.6 is 23.2 Å². The van der Waals surface area contributed by atoms with E-state index in [1.54, 1.807) is 41.3 Å². The fourth-order valence-electron chi connectivity index (χ4n) is 3.99. The van der Waals surface area contributed by atoms with Crippen molar-refractivity contribution < 1.29 is 14.1 Å². The Morgan fingerprint density at radius 1 is 1.15 bits per heavy atom. The summed E-state index contributed by atoms with van der Waals surface area (Å²) in [6, 6.07) is 13.7. The van der Waals surface area contributed by atoms with E-state index < -0.39 is 0 Å². The number of amides is 2. The Kier molecular flexibility index (Phi) is 7.30. The van der Waals surface area contributed by atoms with Gasteiger partial charge in [-0.2, -0.15) is 4.98 Å². The Morgan fingerprint density at radius 3 is 2.73 bits per heavy atom. The molecule has 2 heterocycles. The number of benzene rings is 2. The van der Waals surface area contributed by atoms with Gasteiger partial charge in [0.2, 0.25) is 17.6 Å². The third kappa shape index (κ3) is 5.20. The first-order chi connectivity index (χ1) is 16.0. The number of halogens is 2. The Balaban J connectivity index is 1.51. The van der Waals surface area contributed by atoms with Crippen molar-refractivity contribution in [3.8, 4) is 11.4 Å². The van der Waals surface area contributed by atoms with Gasteiger partial charge < -0.3 is 14.3 Å². The lowest BCUT2D eigenvalue weighted by molar-refractivity contribution is -0.136. The SMILES string of the molecule is CCN(CC(=O)N1CCCCC1c1nc(-c2cccc(Cl)c2)no1)C(=O)c1ccccc1Cl. The molecular formula is C24H24Cl2N4O3. The van der Waals surface area contributed by atoms with E-state index in [-0.39, 0.29) is 24.4 Å². The predicted octanol–water partition coefficient (Wildman–Crippen LogP) is 5.26. The first-order valence-corrected chi connectivity index (χ1v) is 11.7. The van der Waals surface area contributed by atoms with E-state index in [1.807, 2.05) is 19.1 Å². The van der Waals surface area contributed by atoms with Crippen LogP contribution in [-0.4, -0.2) is 51.4 Å². The molecule has 0 bridgehead atoms. The van der Waals surface area contributed by atoms with Crippen LogP contribution in [0.15, 0.2) is 53.1 Å². The lowest BCUT2D eigenvalue weighted by Gasteiger charge is -2.35. The molecule has 1 unspecified atom stereocenters. The first kappa shape index (κ1) is 23.3. The van der Waals surface area contributed by atoms with E-state index in [0.717, 1.165) is 18.4 Å². The second-order valence-electron chi connectivity index (χ2n) is 7.86. The summed E-state index contributed by atoms with van der Waals surface area (Å²) >= 11 is 12.3. The topological polar surface area (TPSA) is 79.5 Å². The van der Waals surface area contributed by atoms with Gasteiger partial charge in [0.15, 0.2) is 0 Å². The van der Waals surface area contributed by atoms with E-state index in [1.165, 1.54) is 4.90 Å². The highest BCUT2D eigenvalue weighted by Gasteiger charge is 2.33. The van der Waals surface area contributed by atoms with Gasteiger partial charge in [-0.1, -0.05) is 52.6 Å². The lowest BCUT2D eigenvalue weighted by Crippen LogP contribution is -2.46. The standard InChI is InChI=1S/C24H24Cl2N4O3/c1-2-29(24(32)18-10-3-4-11-19(18)26)15-21(31)30-13-6-5-12-20(30)23-27-22(28-33-23)16-8-7-9-17(25)14-16/h3-4,7-11,14,20H,2,5-6,12-13,15H2,1H3. The number of carbonyl (C=O) groups excluding carboxylic acids is 2. The molecule has 7 nitrogen and oxygen atoms in total. The molecule has 1 atom stereocenters. The van der Waals surface area contributed by atoms with Gasteiger partial charge in [0.25, 0.3) is 5.91 Å². The molecule has 4 rings (SSSR count). The highest BCUT2D eigenvalue weighted by Crippen LogP contribution is 2.32. The van der Waals surface area contributed by atoms with Crippen molar-refractivity contribution in [1.82, 2.24) is 19.9 Å². The van der Waals surface area contributed by atoms with Gasteiger partial charge in [-0.3, -0.25) is 9.59 Å². The maximum atomic E-state index is 13.3. The molecule has 172 valence electrons. The molecule has 0 saturated carbocycles. The average Bonchev–Trinajstić information content (AvgIpc) is 3.32. The maximum Gasteiger partial charge on any atom is 0.255 e. The second kappa shape index (κ2) is 10.4. The monoisotopic (exact) mass is 486 g/mol. The van der Waals surface area contributed by atoms with Crippen LogP contribution in [0.3, 0.4) is 0 Å². The average molecular weight is 487 g/mol. The normalized spacial score (nSPS) is 16.0. The molecule has 2 amide bonds. The van der Waals surface area contributed by atoms with Crippen molar-refractivity contribution in [3.05, 3.63) is 70.0 Å². The molecule has 1 aliphatic rings. The summed E-state index contributed by atoms with van der Waals surface area (Å²) in [6.07, 6.45) is 2.54. The van der Waals surface area contributed by atoms with Crippen LogP contribution in [0, 0.1) is 0 Å². The van der Waals surface area contributed by atoms with Gasteiger partial charge in [-0.25, -0.2) is 0 Å². The van der Waals surface area contributed by atoms with Crippen LogP contribution in [0.4, 0.5) is 0 Å². The fraction of sp³-hybridized carbons (Fsp3) is 0.333. The van der Waals surface area contributed by atoms with Crippen LogP contribution in [0.25, 0.3) is 11.4 Å². The van der Waals surface area contributed by atoms with Crippen LogP contribution in [0.2, 0.25) is 10.0 Å². The highest BCUT2D eigenvalue weighted by molar-refractivity contribution is 6.33. The van der Waals surface area contributed by atoms with Crippen molar-refractivity contribution in [2.45, 2.75) is 32.2 Å². The molecule has 1 saturated heterocycles. The summed E-state index contributed by atoms with van der Waals surface area (Å²) in [4.78, 5) is 34.0. The Hall–Kier alpha value is -2.90. The van der Waals surface area contributed by atoms with Crippen molar-refractivity contribution >= 4 is 35.0 Å². The number of hydrogen-bond donors (Lipinski definition) is 0. The molecule has 1 aliphatic heterocycles. The molecule has 0 aliphatic carbocycles. The van der Waals surface area contributed by atoms with E-state index >= 15 is 0 Å². The highest BCUT2D eigenvalue weighted by atomic mass is 35.5. The van der Waals surface area contributed by atoms with E-state index in [2.05, 4.69) is 10.1 Å². The second-order valence-corrected chi connectivity index (χ2v) is 8.71. The third-order valence-electron chi connectivity index (χ3n) is 5.73. The minimum atomic E-state index is -0.333. The zero-order valence-corrected chi connectivity index (χ0v) is 19.7. The van der Waals surface area contributed by atoms with Gasteiger partial charge in [0, 0.05) is 23.7 Å². The third-order valence-corrected chi connectivity index (χ3v) is 6.30. The number of piperidine rings is 1. The number of rotatable bonds is 6. The van der Waals surface area contributed by atoms with Gasteiger partial charge in [-0.05, 0) is 50.5 Å². The Bertz CT molecular complexity index is 1150. The minimum absolute atomic E-state index is 0.0493. The first-order valence-electron chi connectivity index (χ1n) is 10.9. The zero-order valence-electron chi connectivity index (χ0n) is 18.2. The molecule has 0 radical (unpaired) electrons. The zero-order chi connectivity index (χ0) is 23.4. The molecule has 2 aromatic carbocycles. The maximum absolute atomic E-state index is 13.3. The Morgan fingerprint density at radius 2 is 1.97 bits per heavy atom. The van der Waals surface area contributed by atoms with Gasteiger partial charge >= 0.3 is 0 Å². The van der Waals surface area contributed by atoms with Gasteiger partial charge in [-0.15, -0.1) is 0 Å². The lowest BCUT2D eigenvalue weighted by atomic mass is 10.0. The van der Waals surface area contributed by atoms with Crippen molar-refractivity contribution in [1.29, 1.82) is 0 Å². The van der Waals surface area contributed by atoms with Gasteiger partial charge in [0.1, 0.15) is 12.6 Å². The van der Waals surface area contributed by atoms with Crippen LogP contribution in [0.1, 0.15) is 48.5 Å². The van der Waals surface area contributed by atoms with Crippen LogP contribution in [-0.2, 0) is 4.79 Å². The Labute approximate surface area is 202 Å². The van der Waals surface area contributed by atoms with Crippen molar-refractivity contribution in [3.63, 3.8) is 0 Å².